The molecule has 0 saturated heterocycles. The Morgan fingerprint density at radius 2 is 1.92 bits per heavy atom. The minimum absolute atomic E-state index is 0.194. The Bertz CT molecular complexity index is 877. The van der Waals surface area contributed by atoms with Crippen molar-refractivity contribution < 1.29 is 30.7 Å². The number of anilines is 1. The average molecular weight is 450 g/mol. The van der Waals surface area contributed by atoms with Crippen LogP contribution in [0.3, 0.4) is 0 Å². The van der Waals surface area contributed by atoms with E-state index in [4.69, 9.17) is 11.6 Å². The van der Waals surface area contributed by atoms with Crippen LogP contribution in [0.2, 0.25) is 5.02 Å². The molecule has 0 aliphatic carbocycles. The second-order valence-electron chi connectivity index (χ2n) is 4.23. The van der Waals surface area contributed by atoms with Crippen LogP contribution in [0.15, 0.2) is 39.8 Å². The number of nitrogens with zero attached hydrogens (tertiary/aromatic N) is 1. The van der Waals surface area contributed by atoms with Crippen LogP contribution in [0.25, 0.3) is 0 Å². The van der Waals surface area contributed by atoms with Crippen molar-refractivity contribution in [2.75, 3.05) is 4.72 Å². The van der Waals surface area contributed by atoms with E-state index >= 15 is 0 Å². The first-order valence-corrected chi connectivity index (χ1v) is 8.52. The van der Waals surface area contributed by atoms with Gasteiger partial charge in [0.25, 0.3) is 10.0 Å². The largest absolute Gasteiger partial charge is 0.574 e. The lowest BCUT2D eigenvalue weighted by molar-refractivity contribution is -0.275. The van der Waals surface area contributed by atoms with Crippen LogP contribution < -0.4 is 9.46 Å². The predicted molar refractivity (Wildman–Crippen MR) is 80.8 cm³/mol. The Morgan fingerprint density at radius 1 is 1.25 bits per heavy atom. The number of nitrogens with one attached hydrogen (secondary N) is 1. The molecule has 0 saturated carbocycles. The average Bonchev–Trinajstić information content (AvgIpc) is 2.39. The summed E-state index contributed by atoms with van der Waals surface area (Å²) in [5, 5.41) is -0.441. The van der Waals surface area contributed by atoms with Crippen molar-refractivity contribution in [1.82, 2.24) is 4.98 Å². The summed E-state index contributed by atoms with van der Waals surface area (Å²) in [7, 11) is -4.41. The first-order valence-electron chi connectivity index (χ1n) is 5.87. The lowest BCUT2D eigenvalue weighted by Gasteiger charge is -2.14. The van der Waals surface area contributed by atoms with Gasteiger partial charge in [0.2, 0.25) is 5.88 Å². The van der Waals surface area contributed by atoms with Crippen molar-refractivity contribution in [3.05, 3.63) is 45.8 Å². The van der Waals surface area contributed by atoms with Gasteiger partial charge < -0.3 is 4.74 Å². The Labute approximate surface area is 146 Å². The van der Waals surface area contributed by atoms with Crippen molar-refractivity contribution in [2.24, 2.45) is 0 Å². The topological polar surface area (TPSA) is 68.3 Å². The molecule has 0 fully saturated rings. The number of hydrogen-bond acceptors (Lipinski definition) is 4. The van der Waals surface area contributed by atoms with E-state index in [1.165, 1.54) is 0 Å². The maximum atomic E-state index is 13.0. The molecule has 1 aromatic carbocycles. The van der Waals surface area contributed by atoms with Crippen LogP contribution in [0, 0.1) is 5.82 Å². The number of ether oxygens (including phenoxy) is 1. The van der Waals surface area contributed by atoms with E-state index in [1.54, 1.807) is 0 Å². The number of halogens is 6. The van der Waals surface area contributed by atoms with Crippen LogP contribution in [-0.4, -0.2) is 19.8 Å². The minimum atomic E-state index is -5.07. The molecule has 1 heterocycles. The van der Waals surface area contributed by atoms with Gasteiger partial charge >= 0.3 is 6.36 Å². The number of aromatic nitrogens is 1. The molecule has 130 valence electrons. The molecule has 0 unspecified atom stereocenters. The number of hydrogen-bond donors (Lipinski definition) is 1. The lowest BCUT2D eigenvalue weighted by atomic mass is 10.3. The Balaban J connectivity index is 2.44. The molecule has 12 heteroatoms. The van der Waals surface area contributed by atoms with Crippen LogP contribution in [0.5, 0.6) is 5.88 Å². The zero-order valence-corrected chi connectivity index (χ0v) is 14.4. The van der Waals surface area contributed by atoms with Crippen LogP contribution in [-0.2, 0) is 10.0 Å². The van der Waals surface area contributed by atoms with E-state index in [-0.39, 0.29) is 4.47 Å². The Hall–Kier alpha value is -1.59. The molecule has 1 aromatic heterocycles. The molecule has 0 atom stereocenters. The maximum Gasteiger partial charge on any atom is 0.574 e. The third-order valence-electron chi connectivity index (χ3n) is 2.46. The highest BCUT2D eigenvalue weighted by molar-refractivity contribution is 9.10. The van der Waals surface area contributed by atoms with Crippen LogP contribution in [0.1, 0.15) is 0 Å². The molecule has 5 nitrogen and oxygen atoms in total. The third kappa shape index (κ3) is 4.71. The number of rotatable bonds is 4. The van der Waals surface area contributed by atoms with E-state index in [0.29, 0.717) is 0 Å². The van der Waals surface area contributed by atoms with Crippen molar-refractivity contribution >= 4 is 43.2 Å². The highest BCUT2D eigenvalue weighted by atomic mass is 79.9. The van der Waals surface area contributed by atoms with Crippen molar-refractivity contribution in [1.29, 1.82) is 0 Å². The summed E-state index contributed by atoms with van der Waals surface area (Å²) in [5.74, 6) is -1.78. The van der Waals surface area contributed by atoms with E-state index in [0.717, 1.165) is 30.5 Å². The molecule has 0 aliphatic heterocycles. The molecule has 0 spiro atoms. The molecule has 24 heavy (non-hydrogen) atoms. The predicted octanol–water partition coefficient (Wildman–Crippen LogP) is 4.34. The van der Waals surface area contributed by atoms with E-state index in [2.05, 4.69) is 25.7 Å². The highest BCUT2D eigenvalue weighted by Gasteiger charge is 2.34. The highest BCUT2D eigenvalue weighted by Crippen LogP contribution is 2.33. The monoisotopic (exact) mass is 448 g/mol. The SMILES string of the molecule is O=S(=O)(Nc1cc(Br)cnc1OC(F)(F)F)c1ccc(F)cc1Cl. The summed E-state index contributed by atoms with van der Waals surface area (Å²) in [4.78, 5) is 2.84. The van der Waals surface area contributed by atoms with E-state index in [9.17, 15) is 26.0 Å². The zero-order valence-electron chi connectivity index (χ0n) is 11.2. The van der Waals surface area contributed by atoms with Crippen molar-refractivity contribution in [2.45, 2.75) is 11.3 Å². The first kappa shape index (κ1) is 18.7. The Kier molecular flexibility index (Phi) is 5.25. The summed E-state index contributed by atoms with van der Waals surface area (Å²) in [6.45, 7) is 0. The van der Waals surface area contributed by atoms with Crippen molar-refractivity contribution in [3.8, 4) is 5.88 Å². The van der Waals surface area contributed by atoms with Crippen molar-refractivity contribution in [3.63, 3.8) is 0 Å². The molecule has 2 rings (SSSR count). The fourth-order valence-corrected chi connectivity index (χ4v) is 3.50. The molecular weight excluding hydrogens is 444 g/mol. The number of alkyl halides is 3. The van der Waals surface area contributed by atoms with Gasteiger partial charge in [-0.2, -0.15) is 0 Å². The summed E-state index contributed by atoms with van der Waals surface area (Å²) >= 11 is 8.62. The van der Waals surface area contributed by atoms with Gasteiger partial charge in [-0.3, -0.25) is 4.72 Å². The van der Waals surface area contributed by atoms with Gasteiger partial charge in [-0.05, 0) is 40.2 Å². The second kappa shape index (κ2) is 6.73. The fourth-order valence-electron chi connectivity index (χ4n) is 1.58. The summed E-state index contributed by atoms with van der Waals surface area (Å²) in [6, 6.07) is 3.48. The number of benzene rings is 1. The fraction of sp³-hybridized carbons (Fsp3) is 0.0833. The molecular formula is C12H6BrClF4N2O3S. The standard InChI is InChI=1S/C12H6BrClF4N2O3S/c13-6-3-9(11(19-5-6)23-12(16,17)18)20-24(21,22)10-2-1-7(15)4-8(10)14/h1-5,20H. The van der Waals surface area contributed by atoms with Crippen LogP contribution >= 0.6 is 27.5 Å². The minimum Gasteiger partial charge on any atom is -0.386 e. The number of pyridine rings is 1. The second-order valence-corrected chi connectivity index (χ2v) is 7.21. The third-order valence-corrected chi connectivity index (χ3v) is 4.74. The molecule has 0 aliphatic rings. The smallest absolute Gasteiger partial charge is 0.386 e. The van der Waals surface area contributed by atoms with Gasteiger partial charge in [-0.1, -0.05) is 11.6 Å². The quantitative estimate of drug-likeness (QED) is 0.705. The number of sulfonamides is 1. The normalized spacial score (nSPS) is 12.1. The van der Waals surface area contributed by atoms with Gasteiger partial charge in [-0.25, -0.2) is 17.8 Å². The van der Waals surface area contributed by atoms with Gasteiger partial charge in [0, 0.05) is 10.7 Å². The van der Waals surface area contributed by atoms with Gasteiger partial charge in [0.05, 0.1) is 5.02 Å². The first-order chi connectivity index (χ1) is 11.0. The van der Waals surface area contributed by atoms with Gasteiger partial charge in [0.1, 0.15) is 16.4 Å². The molecule has 0 radical (unpaired) electrons. The summed E-state index contributed by atoms with van der Waals surface area (Å²) < 4.78 is 80.4. The van der Waals surface area contributed by atoms with E-state index < -0.39 is 43.7 Å². The molecule has 2 aromatic rings. The molecule has 0 bridgehead atoms. The molecule has 1 N–H and O–H groups in total. The Morgan fingerprint density at radius 3 is 2.50 bits per heavy atom. The van der Waals surface area contributed by atoms with Gasteiger partial charge in [0.15, 0.2) is 0 Å². The van der Waals surface area contributed by atoms with Gasteiger partial charge in [-0.15, -0.1) is 13.2 Å². The maximum absolute atomic E-state index is 13.0. The summed E-state index contributed by atoms with van der Waals surface area (Å²) in [5.41, 5.74) is -0.581. The van der Waals surface area contributed by atoms with Crippen LogP contribution in [0.4, 0.5) is 23.2 Å². The van der Waals surface area contributed by atoms with E-state index in [1.807, 2.05) is 4.72 Å². The lowest BCUT2D eigenvalue weighted by Crippen LogP contribution is -2.20. The summed E-state index contributed by atoms with van der Waals surface area (Å²) in [6.07, 6.45) is -4.09. The zero-order chi connectivity index (χ0) is 18.1. The molecule has 0 amide bonds.